The van der Waals surface area contributed by atoms with E-state index in [1.54, 1.807) is 119 Å². The molecule has 2 saturated heterocycles. The molecule has 0 radical (unpaired) electrons. The predicted molar refractivity (Wildman–Crippen MR) is 375 cm³/mol. The van der Waals surface area contributed by atoms with E-state index in [0.717, 1.165) is 126 Å². The van der Waals surface area contributed by atoms with Gasteiger partial charge < -0.3 is 36.4 Å². The minimum absolute atomic E-state index is 0.0186. The third kappa shape index (κ3) is 16.6. The minimum Gasteiger partial charge on any atom is -0.369 e. The summed E-state index contributed by atoms with van der Waals surface area (Å²) in [6.07, 6.45) is 11.9. The highest BCUT2D eigenvalue weighted by molar-refractivity contribution is 7.89. The molecule has 2 fully saturated rings. The third-order valence-corrected chi connectivity index (χ3v) is 16.9. The topological polar surface area (TPSA) is 256 Å². The van der Waals surface area contributed by atoms with Crippen molar-refractivity contribution in [2.24, 2.45) is 5.14 Å². The van der Waals surface area contributed by atoms with Crippen LogP contribution >= 0.6 is 0 Å². The number of rotatable bonds is 15. The number of anilines is 8. The van der Waals surface area contributed by atoms with Crippen molar-refractivity contribution in [1.29, 1.82) is 0 Å². The van der Waals surface area contributed by atoms with Gasteiger partial charge in [0.2, 0.25) is 27.9 Å². The van der Waals surface area contributed by atoms with E-state index in [9.17, 15) is 21.6 Å². The smallest absolute Gasteiger partial charge is 0.238 e. The minimum atomic E-state index is -3.83. The maximum Gasteiger partial charge on any atom is 0.238 e. The number of sulfonamides is 1. The number of aryl methyl sites for hydroxylation is 3. The number of primary sulfonamides is 1. The van der Waals surface area contributed by atoms with Gasteiger partial charge in [0.15, 0.2) is 0 Å². The van der Waals surface area contributed by atoms with Gasteiger partial charge in [0.1, 0.15) is 23.3 Å². The Morgan fingerprint density at radius 3 is 1.24 bits per heavy atom. The van der Waals surface area contributed by atoms with E-state index in [0.29, 0.717) is 45.7 Å². The highest BCUT2D eigenvalue weighted by Crippen LogP contribution is 2.35. The number of hydrogen-bond acceptors (Lipinski definition) is 19. The largest absolute Gasteiger partial charge is 0.369 e. The molecule has 0 bridgehead atoms. The highest BCUT2D eigenvalue weighted by atomic mass is 32.2. The molecule has 0 atom stereocenters. The van der Waals surface area contributed by atoms with Crippen molar-refractivity contribution >= 4 is 56.4 Å². The van der Waals surface area contributed by atoms with Crippen molar-refractivity contribution < 1.29 is 21.6 Å². The maximum atomic E-state index is 13.8. The van der Waals surface area contributed by atoms with Crippen LogP contribution in [0.5, 0.6) is 0 Å². The first-order valence-corrected chi connectivity index (χ1v) is 32.8. The fraction of sp³-hybridized carbons (Fsp3) is 0.151. The van der Waals surface area contributed by atoms with Crippen LogP contribution in [0.1, 0.15) is 16.7 Å². The maximum absolute atomic E-state index is 13.8. The first-order valence-electron chi connectivity index (χ1n) is 31.2. The molecule has 20 nitrogen and oxygen atoms in total. The summed E-state index contributed by atoms with van der Waals surface area (Å²) in [5, 5.41) is 21.4. The van der Waals surface area contributed by atoms with Crippen molar-refractivity contribution in [3.63, 3.8) is 0 Å². The molecule has 5 aromatic carbocycles. The zero-order valence-electron chi connectivity index (χ0n) is 53.2. The Labute approximate surface area is 559 Å². The zero-order chi connectivity index (χ0) is 67.3. The number of benzene rings is 5. The van der Waals surface area contributed by atoms with Gasteiger partial charge in [-0.15, -0.1) is 0 Å². The van der Waals surface area contributed by atoms with E-state index >= 15 is 0 Å². The van der Waals surface area contributed by atoms with Crippen LogP contribution in [0.25, 0.3) is 67.5 Å². The van der Waals surface area contributed by atoms with Crippen LogP contribution in [0.3, 0.4) is 0 Å². The van der Waals surface area contributed by atoms with E-state index in [2.05, 4.69) is 88.4 Å². The zero-order valence-corrected chi connectivity index (χ0v) is 54.0. The number of nitrogens with two attached hydrogens (primary N) is 1. The molecule has 0 aliphatic carbocycles. The van der Waals surface area contributed by atoms with Crippen LogP contribution < -0.4 is 41.5 Å². The lowest BCUT2D eigenvalue weighted by molar-refractivity contribution is 0.585. The molecule has 0 unspecified atom stereocenters. The lowest BCUT2D eigenvalue weighted by Crippen LogP contribution is -2.43. The summed E-state index contributed by atoms with van der Waals surface area (Å²) in [5.41, 5.74) is 14.2. The van der Waals surface area contributed by atoms with Crippen LogP contribution in [0.4, 0.5) is 59.6 Å². The lowest BCUT2D eigenvalue weighted by Gasteiger charge is -2.29. The summed E-state index contributed by atoms with van der Waals surface area (Å²) in [4.78, 5) is 49.7. The monoisotopic (exact) mass is 1320 g/mol. The van der Waals surface area contributed by atoms with E-state index in [1.165, 1.54) is 36.0 Å². The summed E-state index contributed by atoms with van der Waals surface area (Å²) >= 11 is 0. The lowest BCUT2D eigenvalue weighted by atomic mass is 10.0. The van der Waals surface area contributed by atoms with Gasteiger partial charge in [-0.05, 0) is 201 Å². The molecule has 12 aromatic rings. The first-order chi connectivity index (χ1) is 47.1. The van der Waals surface area contributed by atoms with E-state index in [1.807, 2.05) is 72.8 Å². The van der Waals surface area contributed by atoms with Crippen LogP contribution in [0.2, 0.25) is 0 Å². The Kier molecular flexibility index (Phi) is 20.5. The van der Waals surface area contributed by atoms with Gasteiger partial charge in [-0.1, -0.05) is 6.07 Å². The number of hydrogen-bond donors (Lipinski definition) is 6. The van der Waals surface area contributed by atoms with Gasteiger partial charge in [0, 0.05) is 140 Å². The number of nitrogens with one attached hydrogen (secondary N) is 5. The summed E-state index contributed by atoms with van der Waals surface area (Å²) in [6, 6.07) is 50.0. The van der Waals surface area contributed by atoms with Gasteiger partial charge in [-0.2, -0.15) is 0 Å². The second-order valence-corrected chi connectivity index (χ2v) is 24.3. The average Bonchev–Trinajstić information content (AvgIpc) is 0.838. The second-order valence-electron chi connectivity index (χ2n) is 22.8. The molecular formula is C73H67F3N18O2S. The molecule has 7 N–H and O–H groups in total. The second kappa shape index (κ2) is 30.3. The Hall–Kier alpha value is -11.4. The normalized spacial score (nSPS) is 12.9. The number of piperazine rings is 2. The van der Waals surface area contributed by atoms with Crippen molar-refractivity contribution in [3.05, 3.63) is 247 Å². The number of nitrogens with zero attached hydrogens (tertiary/aromatic N) is 12. The molecule has 2 aliphatic rings. The molecule has 14 rings (SSSR count). The molecular weight excluding hydrogens is 1250 g/mol. The van der Waals surface area contributed by atoms with Gasteiger partial charge >= 0.3 is 0 Å². The quantitative estimate of drug-likeness (QED) is 0.0558. The number of pyridine rings is 4. The van der Waals surface area contributed by atoms with Crippen LogP contribution in [-0.2, 0) is 10.0 Å². The first kappa shape index (κ1) is 65.6. The van der Waals surface area contributed by atoms with E-state index in [-0.39, 0.29) is 28.3 Å². The van der Waals surface area contributed by atoms with Crippen molar-refractivity contribution in [2.45, 2.75) is 25.7 Å². The fourth-order valence-electron chi connectivity index (χ4n) is 11.0. The molecule has 2 aliphatic heterocycles. The van der Waals surface area contributed by atoms with Crippen molar-refractivity contribution in [1.82, 2.24) is 60.5 Å². The molecule has 0 amide bonds. The van der Waals surface area contributed by atoms with Gasteiger partial charge in [0.05, 0.1) is 50.9 Å². The molecule has 7 aromatic heterocycles. The van der Waals surface area contributed by atoms with Crippen molar-refractivity contribution in [2.75, 3.05) is 78.1 Å². The molecule has 0 saturated carbocycles. The standard InChI is InChI=1S/C26H25FN6.C25H24FN7.C22H18FN5O2S/c1-18-17-19(4-9-23(18)27)25-22(3-2-11-29-25)24-10-12-30-26(32-24)31-20-5-7-21(8-6-20)33-15-13-28-14-16-33;1-17-15-18(4-6-21(17)26)24-20(3-2-9-28-24)22-8-10-29-25(32-22)31-19-5-7-23(30-16-19)33-13-11-27-12-14-33;1-14-12-15(7-8-19(14)23)21-18(6-3-10-25-21)20-9-11-26-22(28-20)27-16-4-2-5-17(13-16)31(24,29)30/h2-12,17,28H,13-16H2,1H3,(H,30,31,32);2-10,15-16,27H,11-14H2,1H3,(H,29,31,32);2-13H,1H3,(H2,24,29,30)(H,26,27,28). The average molecular weight is 1320 g/mol. The molecule has 97 heavy (non-hydrogen) atoms. The summed E-state index contributed by atoms with van der Waals surface area (Å²) in [5.74, 6) is 1.47. The molecule has 24 heteroatoms. The van der Waals surface area contributed by atoms with Crippen LogP contribution in [0.15, 0.2) is 218 Å². The number of aromatic nitrogens is 10. The third-order valence-electron chi connectivity index (χ3n) is 16.0. The van der Waals surface area contributed by atoms with Crippen molar-refractivity contribution in [3.8, 4) is 67.5 Å². The number of halogens is 3. The Morgan fingerprint density at radius 2 is 0.825 bits per heavy atom. The Balaban J connectivity index is 0.000000139. The summed E-state index contributed by atoms with van der Waals surface area (Å²) < 4.78 is 64.4. The van der Waals surface area contributed by atoms with Crippen LogP contribution in [-0.4, -0.2) is 111 Å². The van der Waals surface area contributed by atoms with Gasteiger partial charge in [0.25, 0.3) is 0 Å². The summed E-state index contributed by atoms with van der Waals surface area (Å²) in [7, 11) is -3.83. The highest BCUT2D eigenvalue weighted by Gasteiger charge is 2.19. The van der Waals surface area contributed by atoms with Gasteiger partial charge in [-0.25, -0.2) is 61.6 Å². The Morgan fingerprint density at radius 1 is 0.412 bits per heavy atom. The predicted octanol–water partition coefficient (Wildman–Crippen LogP) is 13.1. The van der Waals surface area contributed by atoms with Gasteiger partial charge in [-0.3, -0.25) is 15.0 Å². The van der Waals surface area contributed by atoms with E-state index < -0.39 is 10.0 Å². The molecule has 488 valence electrons. The Bertz CT molecular complexity index is 4650. The fourth-order valence-corrected chi connectivity index (χ4v) is 11.5. The summed E-state index contributed by atoms with van der Waals surface area (Å²) in [6.45, 7) is 13.1. The van der Waals surface area contributed by atoms with Crippen LogP contribution in [0, 0.1) is 38.2 Å². The molecule has 0 spiro atoms. The SMILES string of the molecule is Cc1cc(-c2ncccc2-c2ccnc(Nc3ccc(N4CCNCC4)cc3)n2)ccc1F.Cc1cc(-c2ncccc2-c2ccnc(Nc3ccc(N4CCNCC4)nc3)n2)ccc1F.Cc1cc(-c2ncccc2-c2ccnc(Nc3cccc(S(N)(=O)=O)c3)n2)ccc1F. The molecule has 9 heterocycles. The van der Waals surface area contributed by atoms with E-state index in [4.69, 9.17) is 15.1 Å².